The molecule has 3 heterocycles. The van der Waals surface area contributed by atoms with Crippen molar-refractivity contribution < 1.29 is 0 Å². The molecule has 8 nitrogen and oxygen atoms in total. The van der Waals surface area contributed by atoms with Crippen LogP contribution in [0, 0.1) is 13.8 Å². The van der Waals surface area contributed by atoms with Crippen molar-refractivity contribution in [3.05, 3.63) is 26.6 Å². The van der Waals surface area contributed by atoms with E-state index in [2.05, 4.69) is 15.0 Å². The summed E-state index contributed by atoms with van der Waals surface area (Å²) in [5.74, 6) is 1.30. The number of aryl methyl sites for hydroxylation is 2. The van der Waals surface area contributed by atoms with Gasteiger partial charge in [-0.05, 0) is 39.2 Å². The zero-order chi connectivity index (χ0) is 21.6. The molecular formula is C20H27N7OS2. The Morgan fingerprint density at radius 3 is 2.53 bits per heavy atom. The number of thiophene rings is 1. The van der Waals surface area contributed by atoms with E-state index in [1.807, 2.05) is 39.4 Å². The van der Waals surface area contributed by atoms with Gasteiger partial charge in [-0.3, -0.25) is 9.36 Å². The second-order valence-corrected chi connectivity index (χ2v) is 10.5. The highest BCUT2D eigenvalue weighted by Crippen LogP contribution is 2.38. The normalized spacial score (nSPS) is 15.8. The number of rotatable bonds is 5. The third-order valence-corrected chi connectivity index (χ3v) is 7.76. The van der Waals surface area contributed by atoms with Crippen LogP contribution in [0.3, 0.4) is 0 Å². The number of nitrogen functional groups attached to an aromatic ring is 1. The van der Waals surface area contributed by atoms with E-state index in [-0.39, 0.29) is 22.8 Å². The van der Waals surface area contributed by atoms with Gasteiger partial charge < -0.3 is 10.6 Å². The Morgan fingerprint density at radius 1 is 1.17 bits per heavy atom. The average Bonchev–Trinajstić information content (AvgIpc) is 3.30. The molecule has 1 atom stereocenters. The predicted octanol–water partition coefficient (Wildman–Crippen LogP) is 3.88. The number of nitrogens with two attached hydrogens (primary N) is 1. The van der Waals surface area contributed by atoms with Crippen LogP contribution in [-0.2, 0) is 0 Å². The number of fused-ring (bicyclic) bond motifs is 1. The van der Waals surface area contributed by atoms with E-state index in [1.165, 1.54) is 11.8 Å². The molecule has 0 aliphatic heterocycles. The Balaban J connectivity index is 1.80. The van der Waals surface area contributed by atoms with Crippen LogP contribution in [0.5, 0.6) is 0 Å². The maximum absolute atomic E-state index is 13.5. The van der Waals surface area contributed by atoms with Gasteiger partial charge in [0, 0.05) is 25.0 Å². The Morgan fingerprint density at radius 2 is 1.87 bits per heavy atom. The van der Waals surface area contributed by atoms with E-state index in [0.717, 1.165) is 51.5 Å². The lowest BCUT2D eigenvalue weighted by atomic mass is 10.2. The highest BCUT2D eigenvalue weighted by molar-refractivity contribution is 7.99. The molecule has 0 spiro atoms. The third-order valence-electron chi connectivity index (χ3n) is 5.60. The molecular weight excluding hydrogens is 418 g/mol. The molecule has 0 amide bonds. The first-order valence-electron chi connectivity index (χ1n) is 10.1. The van der Waals surface area contributed by atoms with Gasteiger partial charge in [0.25, 0.3) is 5.56 Å². The van der Waals surface area contributed by atoms with Gasteiger partial charge >= 0.3 is 0 Å². The predicted molar refractivity (Wildman–Crippen MR) is 124 cm³/mol. The summed E-state index contributed by atoms with van der Waals surface area (Å²) in [7, 11) is 3.73. The van der Waals surface area contributed by atoms with E-state index in [9.17, 15) is 4.79 Å². The zero-order valence-corrected chi connectivity index (χ0v) is 19.6. The molecule has 3 aromatic rings. The van der Waals surface area contributed by atoms with Crippen molar-refractivity contribution in [3.8, 4) is 0 Å². The lowest BCUT2D eigenvalue weighted by Crippen LogP contribution is -2.26. The fourth-order valence-electron chi connectivity index (χ4n) is 3.85. The van der Waals surface area contributed by atoms with Gasteiger partial charge in [-0.25, -0.2) is 4.98 Å². The summed E-state index contributed by atoms with van der Waals surface area (Å²) in [5.41, 5.74) is 7.03. The molecule has 0 aromatic carbocycles. The molecule has 4 rings (SSSR count). The number of hydrogen-bond acceptors (Lipinski definition) is 9. The molecule has 1 aliphatic rings. The lowest BCUT2D eigenvalue weighted by Gasteiger charge is -2.20. The summed E-state index contributed by atoms with van der Waals surface area (Å²) in [6.45, 7) is 6.08. The van der Waals surface area contributed by atoms with Crippen molar-refractivity contribution >= 4 is 45.2 Å². The molecule has 1 fully saturated rings. The third kappa shape index (κ3) is 3.78. The summed E-state index contributed by atoms with van der Waals surface area (Å²) in [6.07, 6.45) is 4.32. The number of hydrogen-bond donors (Lipinski definition) is 1. The molecule has 0 bridgehead atoms. The van der Waals surface area contributed by atoms with Crippen molar-refractivity contribution in [2.45, 2.75) is 62.9 Å². The van der Waals surface area contributed by atoms with Crippen LogP contribution in [0.1, 0.15) is 60.2 Å². The van der Waals surface area contributed by atoms with Crippen LogP contribution in [0.15, 0.2) is 9.95 Å². The van der Waals surface area contributed by atoms with Gasteiger partial charge in [-0.15, -0.1) is 11.3 Å². The molecule has 0 radical (unpaired) electrons. The second-order valence-electron chi connectivity index (χ2n) is 7.98. The van der Waals surface area contributed by atoms with Crippen LogP contribution < -0.4 is 16.2 Å². The minimum absolute atomic E-state index is 0.0765. The van der Waals surface area contributed by atoms with E-state index in [0.29, 0.717) is 11.8 Å². The van der Waals surface area contributed by atoms with Crippen LogP contribution in [0.25, 0.3) is 10.2 Å². The first-order chi connectivity index (χ1) is 14.3. The van der Waals surface area contributed by atoms with Gasteiger partial charge in [-0.1, -0.05) is 24.6 Å². The van der Waals surface area contributed by atoms with Crippen LogP contribution in [0.4, 0.5) is 11.9 Å². The molecule has 30 heavy (non-hydrogen) atoms. The van der Waals surface area contributed by atoms with Gasteiger partial charge in [0.1, 0.15) is 10.7 Å². The summed E-state index contributed by atoms with van der Waals surface area (Å²) in [6, 6.07) is 0.199. The van der Waals surface area contributed by atoms with Crippen molar-refractivity contribution in [2.24, 2.45) is 0 Å². The first-order valence-corrected chi connectivity index (χ1v) is 11.8. The van der Waals surface area contributed by atoms with Crippen LogP contribution >= 0.6 is 23.1 Å². The fraction of sp³-hybridized carbons (Fsp3) is 0.550. The monoisotopic (exact) mass is 445 g/mol. The quantitative estimate of drug-likeness (QED) is 0.466. The van der Waals surface area contributed by atoms with Crippen molar-refractivity contribution in [2.75, 3.05) is 24.7 Å². The Kier molecular flexibility index (Phi) is 5.71. The second kappa shape index (κ2) is 8.14. The Hall–Kier alpha value is -2.20. The van der Waals surface area contributed by atoms with E-state index in [4.69, 9.17) is 10.7 Å². The van der Waals surface area contributed by atoms with E-state index >= 15 is 0 Å². The zero-order valence-electron chi connectivity index (χ0n) is 18.0. The lowest BCUT2D eigenvalue weighted by molar-refractivity contribution is 0.457. The van der Waals surface area contributed by atoms with Crippen molar-refractivity contribution in [1.82, 2.24) is 24.5 Å². The summed E-state index contributed by atoms with van der Waals surface area (Å²) in [4.78, 5) is 35.3. The van der Waals surface area contributed by atoms with Crippen molar-refractivity contribution in [1.29, 1.82) is 0 Å². The Labute approximate surface area is 184 Å². The fourth-order valence-corrected chi connectivity index (χ4v) is 5.94. The van der Waals surface area contributed by atoms with Gasteiger partial charge in [0.05, 0.1) is 10.6 Å². The van der Waals surface area contributed by atoms with Crippen molar-refractivity contribution in [3.63, 3.8) is 0 Å². The van der Waals surface area contributed by atoms with Crippen LogP contribution in [0.2, 0.25) is 0 Å². The molecule has 1 aliphatic carbocycles. The molecule has 1 unspecified atom stereocenters. The molecule has 160 valence electrons. The van der Waals surface area contributed by atoms with Gasteiger partial charge in [0.2, 0.25) is 11.9 Å². The summed E-state index contributed by atoms with van der Waals surface area (Å²) >= 11 is 3.10. The molecule has 10 heteroatoms. The molecule has 1 saturated carbocycles. The number of nitrogens with zero attached hydrogens (tertiary/aromatic N) is 6. The average molecular weight is 446 g/mol. The minimum Gasteiger partial charge on any atom is -0.368 e. The maximum Gasteiger partial charge on any atom is 0.263 e. The summed E-state index contributed by atoms with van der Waals surface area (Å²) < 4.78 is 1.92. The largest absolute Gasteiger partial charge is 0.368 e. The molecule has 0 saturated heterocycles. The van der Waals surface area contributed by atoms with E-state index in [1.54, 1.807) is 16.2 Å². The molecule has 3 aromatic heterocycles. The number of thioether (sulfide) groups is 1. The highest BCUT2D eigenvalue weighted by atomic mass is 32.2. The Bertz CT molecular complexity index is 1150. The highest BCUT2D eigenvalue weighted by Gasteiger charge is 2.26. The van der Waals surface area contributed by atoms with E-state index < -0.39 is 0 Å². The smallest absolute Gasteiger partial charge is 0.263 e. The summed E-state index contributed by atoms with van der Waals surface area (Å²) in [5, 5.41) is 1.37. The SMILES string of the molecule is Cc1sc2nc(SC(C)c3nc(N)nc(N(C)C)n3)n(C3CCCC3)c(=O)c2c1C. The van der Waals surface area contributed by atoms with Gasteiger partial charge in [-0.2, -0.15) is 15.0 Å². The number of anilines is 2. The number of aromatic nitrogens is 5. The van der Waals surface area contributed by atoms with Crippen LogP contribution in [-0.4, -0.2) is 38.6 Å². The standard InChI is InChI=1S/C20H27N7OS2/c1-10-11(2)29-16-14(10)17(28)27(13-8-6-7-9-13)20(24-16)30-12(3)15-22-18(21)25-19(23-15)26(4)5/h12-13H,6-9H2,1-5H3,(H2,21,22,23,25). The first kappa shape index (κ1) is 21.0. The maximum atomic E-state index is 13.5. The minimum atomic E-state index is -0.131. The topological polar surface area (TPSA) is 103 Å². The molecule has 2 N–H and O–H groups in total. The van der Waals surface area contributed by atoms with Gasteiger partial charge in [0.15, 0.2) is 5.16 Å².